The van der Waals surface area contributed by atoms with E-state index in [0.29, 0.717) is 25.6 Å². The Bertz CT molecular complexity index is 1240. The van der Waals surface area contributed by atoms with Crippen LogP contribution in [0.1, 0.15) is 107 Å². The molecule has 0 unspecified atom stereocenters. The highest BCUT2D eigenvalue weighted by Crippen LogP contribution is 2.36. The fourth-order valence-electron chi connectivity index (χ4n) is 5.33. The third-order valence-electron chi connectivity index (χ3n) is 7.72. The molecular formula is C33H49N5O4S. The minimum absolute atomic E-state index is 0.122. The van der Waals surface area contributed by atoms with Gasteiger partial charge in [-0.2, -0.15) is 11.8 Å². The van der Waals surface area contributed by atoms with Crippen molar-refractivity contribution < 1.29 is 19.1 Å². The molecule has 2 aromatic rings. The third-order valence-corrected chi connectivity index (χ3v) is 8.70. The van der Waals surface area contributed by atoms with Crippen LogP contribution in [0.3, 0.4) is 0 Å². The van der Waals surface area contributed by atoms with Crippen LogP contribution in [-0.4, -0.2) is 68.5 Å². The minimum Gasteiger partial charge on any atom is -0.444 e. The predicted molar refractivity (Wildman–Crippen MR) is 173 cm³/mol. The molecule has 1 saturated heterocycles. The van der Waals surface area contributed by atoms with Crippen LogP contribution < -0.4 is 5.32 Å². The summed E-state index contributed by atoms with van der Waals surface area (Å²) in [4.78, 5) is 31.8. The normalized spacial score (nSPS) is 16.3. The molecule has 2 aliphatic rings. The molecule has 1 aliphatic heterocycles. The molecule has 0 bridgehead atoms. The number of benzene rings is 1. The van der Waals surface area contributed by atoms with Gasteiger partial charge in [0.1, 0.15) is 18.7 Å². The van der Waals surface area contributed by atoms with Crippen LogP contribution in [-0.2, 0) is 16.2 Å². The molecule has 10 heteroatoms. The number of ether oxygens (including phenoxy) is 2. The first-order chi connectivity index (χ1) is 20.6. The minimum atomic E-state index is -0.496. The van der Waals surface area contributed by atoms with Gasteiger partial charge in [-0.3, -0.25) is 4.79 Å². The van der Waals surface area contributed by atoms with E-state index in [9.17, 15) is 9.59 Å². The Hall–Kier alpha value is -2.85. The van der Waals surface area contributed by atoms with Crippen LogP contribution in [0.15, 0.2) is 30.6 Å². The summed E-state index contributed by atoms with van der Waals surface area (Å²) in [7, 11) is 0. The fraction of sp³-hybridized carbons (Fsp3) is 0.636. The number of allylic oxidation sites excluding steroid dienone is 2. The summed E-state index contributed by atoms with van der Waals surface area (Å²) in [5, 5.41) is 7.42. The SMILES string of the molecule is CC(C)CCSCCOCn1cnc(C(=O)Nc2ccc(C3CCN(C(=O)OC(C)(C)C)CC3)cc2C2=CCCCC2)n1. The van der Waals surface area contributed by atoms with Gasteiger partial charge >= 0.3 is 6.09 Å². The molecule has 0 radical (unpaired) electrons. The number of rotatable bonds is 12. The van der Waals surface area contributed by atoms with Gasteiger partial charge in [0.25, 0.3) is 5.91 Å². The maximum absolute atomic E-state index is 13.2. The molecule has 236 valence electrons. The van der Waals surface area contributed by atoms with Crippen LogP contribution >= 0.6 is 11.8 Å². The molecule has 2 heterocycles. The van der Waals surface area contributed by atoms with Gasteiger partial charge in [0.05, 0.1) is 6.61 Å². The molecule has 1 aliphatic carbocycles. The monoisotopic (exact) mass is 611 g/mol. The zero-order chi connectivity index (χ0) is 30.8. The number of likely N-dealkylation sites (tertiary alicyclic amines) is 1. The second-order valence-corrected chi connectivity index (χ2v) is 14.1. The van der Waals surface area contributed by atoms with E-state index in [-0.39, 0.29) is 24.6 Å². The second kappa shape index (κ2) is 15.7. The van der Waals surface area contributed by atoms with Crippen LogP contribution in [0, 0.1) is 5.92 Å². The van der Waals surface area contributed by atoms with E-state index < -0.39 is 5.60 Å². The maximum atomic E-state index is 13.2. The van der Waals surface area contributed by atoms with Gasteiger partial charge in [-0.1, -0.05) is 26.0 Å². The molecule has 0 atom stereocenters. The predicted octanol–water partition coefficient (Wildman–Crippen LogP) is 7.36. The summed E-state index contributed by atoms with van der Waals surface area (Å²) in [5.41, 5.74) is 3.86. The Morgan fingerprint density at radius 2 is 1.93 bits per heavy atom. The number of carbonyl (C=O) groups excluding carboxylic acids is 2. The number of amides is 2. The van der Waals surface area contributed by atoms with E-state index in [0.717, 1.165) is 60.8 Å². The van der Waals surface area contributed by atoms with Crippen LogP contribution in [0.25, 0.3) is 5.57 Å². The van der Waals surface area contributed by atoms with Gasteiger partial charge < -0.3 is 19.7 Å². The molecule has 9 nitrogen and oxygen atoms in total. The van der Waals surface area contributed by atoms with Crippen molar-refractivity contribution in [2.75, 3.05) is 36.5 Å². The molecule has 0 saturated carbocycles. The van der Waals surface area contributed by atoms with Crippen LogP contribution in [0.5, 0.6) is 0 Å². The summed E-state index contributed by atoms with van der Waals surface area (Å²) in [5.74, 6) is 2.93. The number of nitrogens with zero attached hydrogens (tertiary/aromatic N) is 4. The zero-order valence-corrected chi connectivity index (χ0v) is 27.4. The van der Waals surface area contributed by atoms with E-state index >= 15 is 0 Å². The first-order valence-electron chi connectivity index (χ1n) is 15.8. The van der Waals surface area contributed by atoms with E-state index in [2.05, 4.69) is 47.5 Å². The summed E-state index contributed by atoms with van der Waals surface area (Å²) < 4.78 is 12.9. The van der Waals surface area contributed by atoms with Crippen LogP contribution in [0.2, 0.25) is 0 Å². The quantitative estimate of drug-likeness (QED) is 0.251. The Morgan fingerprint density at radius 1 is 1.14 bits per heavy atom. The molecule has 4 rings (SSSR count). The van der Waals surface area contributed by atoms with Gasteiger partial charge in [-0.15, -0.1) is 5.10 Å². The lowest BCUT2D eigenvalue weighted by Gasteiger charge is -2.34. The number of thioether (sulfide) groups is 1. The lowest BCUT2D eigenvalue weighted by Crippen LogP contribution is -2.41. The van der Waals surface area contributed by atoms with Crippen molar-refractivity contribution in [2.24, 2.45) is 5.92 Å². The van der Waals surface area contributed by atoms with Gasteiger partial charge in [-0.05, 0) is 107 Å². The molecule has 1 aromatic heterocycles. The Labute approximate surface area is 261 Å². The first kappa shape index (κ1) is 33.1. The van der Waals surface area contributed by atoms with Crippen molar-refractivity contribution >= 4 is 35.0 Å². The Morgan fingerprint density at radius 3 is 2.63 bits per heavy atom. The molecular weight excluding hydrogens is 562 g/mol. The van der Waals surface area contributed by atoms with Crippen molar-refractivity contribution in [2.45, 2.75) is 97.8 Å². The van der Waals surface area contributed by atoms with Crippen molar-refractivity contribution in [3.8, 4) is 0 Å². The average Bonchev–Trinajstić information content (AvgIpc) is 3.46. The first-order valence-corrected chi connectivity index (χ1v) is 16.9. The molecule has 43 heavy (non-hydrogen) atoms. The zero-order valence-electron chi connectivity index (χ0n) is 26.6. The lowest BCUT2D eigenvalue weighted by atomic mass is 9.85. The number of aromatic nitrogens is 3. The number of anilines is 1. The topological polar surface area (TPSA) is 98.6 Å². The van der Waals surface area contributed by atoms with Crippen molar-refractivity contribution in [1.29, 1.82) is 0 Å². The van der Waals surface area contributed by atoms with E-state index in [1.165, 1.54) is 30.3 Å². The fourth-order valence-corrected chi connectivity index (χ4v) is 6.41. The number of carbonyl (C=O) groups is 2. The molecule has 0 spiro atoms. The van der Waals surface area contributed by atoms with E-state index in [1.807, 2.05) is 43.5 Å². The average molecular weight is 612 g/mol. The van der Waals surface area contributed by atoms with Gasteiger partial charge in [0.2, 0.25) is 5.82 Å². The van der Waals surface area contributed by atoms with Gasteiger partial charge in [0, 0.05) is 30.1 Å². The van der Waals surface area contributed by atoms with Crippen molar-refractivity contribution in [1.82, 2.24) is 19.7 Å². The standard InChI is InChI=1S/C33H49N5O4S/c1-24(2)15-19-43-20-18-41-23-38-22-34-30(36-38)31(39)35-29-12-11-27(21-28(29)26-9-7-6-8-10-26)25-13-16-37(17-14-25)32(40)42-33(3,4)5/h9,11-12,21-22,24-25H,6-8,10,13-20,23H2,1-5H3,(H,35,39). The number of hydrogen-bond acceptors (Lipinski definition) is 7. The molecule has 1 N–H and O–H groups in total. The van der Waals surface area contributed by atoms with Gasteiger partial charge in [-0.25, -0.2) is 14.5 Å². The van der Waals surface area contributed by atoms with Crippen LogP contribution in [0.4, 0.5) is 10.5 Å². The second-order valence-electron chi connectivity index (χ2n) is 12.9. The molecule has 1 aromatic carbocycles. The van der Waals surface area contributed by atoms with E-state index in [1.54, 1.807) is 4.68 Å². The highest BCUT2D eigenvalue weighted by molar-refractivity contribution is 7.99. The Kier molecular flexibility index (Phi) is 12.1. The molecule has 1 fully saturated rings. The smallest absolute Gasteiger partial charge is 0.410 e. The summed E-state index contributed by atoms with van der Waals surface area (Å²) in [6, 6.07) is 6.35. The highest BCUT2D eigenvalue weighted by atomic mass is 32.2. The summed E-state index contributed by atoms with van der Waals surface area (Å²) >= 11 is 1.89. The van der Waals surface area contributed by atoms with Crippen molar-refractivity contribution in [3.05, 3.63) is 47.6 Å². The third kappa shape index (κ3) is 10.4. The number of nitrogens with one attached hydrogen (secondary N) is 1. The summed E-state index contributed by atoms with van der Waals surface area (Å²) in [6.45, 7) is 12.4. The Balaban J connectivity index is 1.36. The van der Waals surface area contributed by atoms with Crippen molar-refractivity contribution in [3.63, 3.8) is 0 Å². The lowest BCUT2D eigenvalue weighted by molar-refractivity contribution is 0.0204. The highest BCUT2D eigenvalue weighted by Gasteiger charge is 2.28. The van der Waals surface area contributed by atoms with Gasteiger partial charge in [0.15, 0.2) is 0 Å². The maximum Gasteiger partial charge on any atom is 0.410 e. The number of piperidine rings is 1. The molecule has 2 amide bonds. The number of hydrogen-bond donors (Lipinski definition) is 1. The largest absolute Gasteiger partial charge is 0.444 e. The summed E-state index contributed by atoms with van der Waals surface area (Å²) in [6.07, 6.45) is 10.9. The van der Waals surface area contributed by atoms with E-state index in [4.69, 9.17) is 9.47 Å².